The molecule has 25 heavy (non-hydrogen) atoms. The van der Waals surface area contributed by atoms with E-state index >= 15 is 0 Å². The van der Waals surface area contributed by atoms with E-state index in [0.29, 0.717) is 11.7 Å². The van der Waals surface area contributed by atoms with Crippen LogP contribution < -0.4 is 5.32 Å². The third kappa shape index (κ3) is 5.13. The predicted molar refractivity (Wildman–Crippen MR) is 99.3 cm³/mol. The first-order chi connectivity index (χ1) is 12.2. The molecule has 1 heterocycles. The third-order valence-corrected chi connectivity index (χ3v) is 4.93. The third-order valence-electron chi connectivity index (χ3n) is 4.12. The maximum Gasteiger partial charge on any atom is 0.229 e. The number of hydrogen-bond donors (Lipinski definition) is 1. The zero-order valence-electron chi connectivity index (χ0n) is 14.4. The largest absolute Gasteiger partial charge is 0.338 e. The lowest BCUT2D eigenvalue weighted by Crippen LogP contribution is -2.32. The minimum Gasteiger partial charge on any atom is -0.338 e. The summed E-state index contributed by atoms with van der Waals surface area (Å²) in [5.41, 5.74) is 1.84. The molecule has 1 aromatic carbocycles. The van der Waals surface area contributed by atoms with Crippen molar-refractivity contribution >= 4 is 28.3 Å². The van der Waals surface area contributed by atoms with Gasteiger partial charge in [-0.3, -0.25) is 9.59 Å². The number of carbonyl (C=O) groups excluding carboxylic acids is 2. The molecule has 6 heteroatoms. The lowest BCUT2D eigenvalue weighted by molar-refractivity contribution is -0.131. The molecule has 1 saturated carbocycles. The van der Waals surface area contributed by atoms with Crippen LogP contribution in [-0.2, 0) is 22.6 Å². The number of aromatic nitrogens is 1. The van der Waals surface area contributed by atoms with Crippen molar-refractivity contribution in [2.45, 2.75) is 39.2 Å². The molecule has 1 aliphatic carbocycles. The average molecular weight is 357 g/mol. The van der Waals surface area contributed by atoms with Gasteiger partial charge < -0.3 is 10.2 Å². The molecule has 5 nitrogen and oxygen atoms in total. The number of amides is 2. The van der Waals surface area contributed by atoms with Gasteiger partial charge in [0.2, 0.25) is 11.8 Å². The number of carbonyl (C=O) groups is 2. The molecule has 3 rings (SSSR count). The van der Waals surface area contributed by atoms with E-state index in [0.717, 1.165) is 37.1 Å². The Morgan fingerprint density at radius 3 is 2.72 bits per heavy atom. The SMILES string of the molecule is CCCN(Cc1ccccc1)C(=O)Cc1csc(NC(=O)C2CC2)n1. The van der Waals surface area contributed by atoms with Crippen LogP contribution >= 0.6 is 11.3 Å². The first kappa shape index (κ1) is 17.6. The number of anilines is 1. The van der Waals surface area contributed by atoms with Gasteiger partial charge in [-0.2, -0.15) is 0 Å². The van der Waals surface area contributed by atoms with Crippen LogP contribution in [0.3, 0.4) is 0 Å². The van der Waals surface area contributed by atoms with Gasteiger partial charge in [0.1, 0.15) is 0 Å². The monoisotopic (exact) mass is 357 g/mol. The number of hydrogen-bond acceptors (Lipinski definition) is 4. The number of benzene rings is 1. The second kappa shape index (κ2) is 8.25. The first-order valence-corrected chi connectivity index (χ1v) is 9.60. The molecule has 1 aliphatic rings. The van der Waals surface area contributed by atoms with Crippen LogP contribution in [0.5, 0.6) is 0 Å². The van der Waals surface area contributed by atoms with Crippen LogP contribution in [0, 0.1) is 5.92 Å². The Hall–Kier alpha value is -2.21. The van der Waals surface area contributed by atoms with Gasteiger partial charge in [-0.25, -0.2) is 4.98 Å². The minimum atomic E-state index is 0.0453. The zero-order valence-corrected chi connectivity index (χ0v) is 15.2. The molecule has 0 atom stereocenters. The second-order valence-electron chi connectivity index (χ2n) is 6.39. The van der Waals surface area contributed by atoms with Crippen molar-refractivity contribution in [2.24, 2.45) is 5.92 Å². The summed E-state index contributed by atoms with van der Waals surface area (Å²) in [5.74, 6) is 0.264. The van der Waals surface area contributed by atoms with Crippen LogP contribution in [0.25, 0.3) is 0 Å². The molecule has 0 saturated heterocycles. The fraction of sp³-hybridized carbons (Fsp3) is 0.421. The predicted octanol–water partition coefficient (Wildman–Crippen LogP) is 3.47. The van der Waals surface area contributed by atoms with E-state index in [-0.39, 0.29) is 24.2 Å². The summed E-state index contributed by atoms with van der Waals surface area (Å²) in [7, 11) is 0. The summed E-state index contributed by atoms with van der Waals surface area (Å²) in [5, 5.41) is 5.28. The summed E-state index contributed by atoms with van der Waals surface area (Å²) < 4.78 is 0. The van der Waals surface area contributed by atoms with Gasteiger partial charge in [0.25, 0.3) is 0 Å². The molecule has 0 bridgehead atoms. The topological polar surface area (TPSA) is 62.3 Å². The van der Waals surface area contributed by atoms with Crippen molar-refractivity contribution in [1.29, 1.82) is 0 Å². The Morgan fingerprint density at radius 1 is 1.28 bits per heavy atom. The summed E-state index contributed by atoms with van der Waals surface area (Å²) >= 11 is 1.38. The van der Waals surface area contributed by atoms with Gasteiger partial charge in [0.15, 0.2) is 5.13 Å². The Morgan fingerprint density at radius 2 is 2.04 bits per heavy atom. The molecule has 0 spiro atoms. The van der Waals surface area contributed by atoms with Gasteiger partial charge in [-0.15, -0.1) is 11.3 Å². The molecule has 2 amide bonds. The second-order valence-corrected chi connectivity index (χ2v) is 7.24. The summed E-state index contributed by atoms with van der Waals surface area (Å²) in [4.78, 5) is 30.7. The van der Waals surface area contributed by atoms with Crippen LogP contribution in [-0.4, -0.2) is 28.2 Å². The normalized spacial score (nSPS) is 13.5. The smallest absolute Gasteiger partial charge is 0.229 e. The molecule has 0 radical (unpaired) electrons. The quantitative estimate of drug-likeness (QED) is 0.787. The van der Waals surface area contributed by atoms with Crippen molar-refractivity contribution < 1.29 is 9.59 Å². The van der Waals surface area contributed by atoms with Crippen molar-refractivity contribution in [3.63, 3.8) is 0 Å². The van der Waals surface area contributed by atoms with E-state index in [9.17, 15) is 9.59 Å². The number of rotatable bonds is 8. The van der Waals surface area contributed by atoms with Gasteiger partial charge in [0, 0.05) is 24.4 Å². The van der Waals surface area contributed by atoms with Crippen LogP contribution in [0.4, 0.5) is 5.13 Å². The van der Waals surface area contributed by atoms with Crippen LogP contribution in [0.1, 0.15) is 37.4 Å². The van der Waals surface area contributed by atoms with E-state index in [1.165, 1.54) is 11.3 Å². The Balaban J connectivity index is 1.58. The van der Waals surface area contributed by atoms with Crippen molar-refractivity contribution in [3.8, 4) is 0 Å². The molecule has 1 N–H and O–H groups in total. The molecule has 132 valence electrons. The van der Waals surface area contributed by atoms with E-state index in [1.54, 1.807) is 0 Å². The van der Waals surface area contributed by atoms with E-state index in [1.807, 2.05) is 40.6 Å². The Bertz CT molecular complexity index is 725. The van der Waals surface area contributed by atoms with Gasteiger partial charge in [-0.1, -0.05) is 37.3 Å². The van der Waals surface area contributed by atoms with Crippen molar-refractivity contribution in [2.75, 3.05) is 11.9 Å². The molecule has 1 aromatic heterocycles. The maximum absolute atomic E-state index is 12.7. The lowest BCUT2D eigenvalue weighted by Gasteiger charge is -2.22. The molecular formula is C19H23N3O2S. The highest BCUT2D eigenvalue weighted by Gasteiger charge is 2.30. The lowest BCUT2D eigenvalue weighted by atomic mass is 10.2. The molecular weight excluding hydrogens is 334 g/mol. The van der Waals surface area contributed by atoms with Crippen molar-refractivity contribution in [1.82, 2.24) is 9.88 Å². The average Bonchev–Trinajstić information content (AvgIpc) is 3.38. The summed E-state index contributed by atoms with van der Waals surface area (Å²) in [6, 6.07) is 10.0. The summed E-state index contributed by atoms with van der Waals surface area (Å²) in [6.07, 6.45) is 3.11. The zero-order chi connectivity index (χ0) is 17.6. The van der Waals surface area contributed by atoms with E-state index < -0.39 is 0 Å². The molecule has 0 unspecified atom stereocenters. The molecule has 2 aromatic rings. The van der Waals surface area contributed by atoms with Gasteiger partial charge in [0.05, 0.1) is 12.1 Å². The minimum absolute atomic E-state index is 0.0453. The fourth-order valence-corrected chi connectivity index (χ4v) is 3.34. The standard InChI is InChI=1S/C19H23N3O2S/c1-2-10-22(12-14-6-4-3-5-7-14)17(23)11-16-13-25-19(20-16)21-18(24)15-8-9-15/h3-7,13,15H,2,8-12H2,1H3,(H,20,21,24). The molecule has 0 aliphatic heterocycles. The Kier molecular flexibility index (Phi) is 5.81. The first-order valence-electron chi connectivity index (χ1n) is 8.72. The number of nitrogens with zero attached hydrogens (tertiary/aromatic N) is 2. The maximum atomic E-state index is 12.7. The van der Waals surface area contributed by atoms with Crippen LogP contribution in [0.2, 0.25) is 0 Å². The van der Waals surface area contributed by atoms with Gasteiger partial charge >= 0.3 is 0 Å². The number of thiazole rings is 1. The highest BCUT2D eigenvalue weighted by Crippen LogP contribution is 2.30. The van der Waals surface area contributed by atoms with E-state index in [2.05, 4.69) is 17.2 Å². The highest BCUT2D eigenvalue weighted by atomic mass is 32.1. The highest BCUT2D eigenvalue weighted by molar-refractivity contribution is 7.13. The van der Waals surface area contributed by atoms with Crippen molar-refractivity contribution in [3.05, 3.63) is 47.0 Å². The summed E-state index contributed by atoms with van der Waals surface area (Å²) in [6.45, 7) is 3.41. The number of nitrogens with one attached hydrogen (secondary N) is 1. The van der Waals surface area contributed by atoms with Gasteiger partial charge in [-0.05, 0) is 24.8 Å². The molecule has 1 fully saturated rings. The van der Waals surface area contributed by atoms with E-state index in [4.69, 9.17) is 0 Å². The Labute approximate surface area is 152 Å². The van der Waals surface area contributed by atoms with Crippen LogP contribution in [0.15, 0.2) is 35.7 Å². The fourth-order valence-electron chi connectivity index (χ4n) is 2.63.